The average Bonchev–Trinajstić information content (AvgIpc) is 2.86. The van der Waals surface area contributed by atoms with Gasteiger partial charge in [-0.05, 0) is 91.4 Å². The van der Waals surface area contributed by atoms with E-state index >= 15 is 0 Å². The van der Waals surface area contributed by atoms with Crippen molar-refractivity contribution in [2.75, 3.05) is 41.0 Å². The van der Waals surface area contributed by atoms with Gasteiger partial charge in [-0.1, -0.05) is 26.0 Å². The third-order valence-corrected chi connectivity index (χ3v) is 7.26. The molecule has 2 aromatic carbocycles. The fourth-order valence-corrected chi connectivity index (χ4v) is 5.30. The molecule has 1 N–H and O–H groups in total. The number of methoxy groups -OCH3 is 2. The molecule has 7 heteroatoms. The summed E-state index contributed by atoms with van der Waals surface area (Å²) in [5.41, 5.74) is 3.37. The molecule has 0 bridgehead atoms. The Morgan fingerprint density at radius 3 is 2.53 bits per heavy atom. The van der Waals surface area contributed by atoms with E-state index < -0.39 is 12.1 Å². The first-order chi connectivity index (χ1) is 17.2. The summed E-state index contributed by atoms with van der Waals surface area (Å²) in [4.78, 5) is 14.1. The molecule has 1 aliphatic carbocycles. The van der Waals surface area contributed by atoms with Crippen LogP contribution in [0.2, 0.25) is 0 Å². The Kier molecular flexibility index (Phi) is 10.1. The Morgan fingerprint density at radius 2 is 1.86 bits per heavy atom. The predicted molar refractivity (Wildman–Crippen MR) is 139 cm³/mol. The molecule has 0 fully saturated rings. The zero-order chi connectivity index (χ0) is 26.2. The fourth-order valence-electron chi connectivity index (χ4n) is 5.30. The van der Waals surface area contributed by atoms with Crippen LogP contribution in [0.5, 0.6) is 11.5 Å². The van der Waals surface area contributed by atoms with Gasteiger partial charge in [-0.15, -0.1) is 0 Å². The van der Waals surface area contributed by atoms with Crippen LogP contribution in [0.3, 0.4) is 0 Å². The van der Waals surface area contributed by atoms with E-state index in [9.17, 15) is 14.3 Å². The Bertz CT molecular complexity index is 1010. The SMILES string of the molecule is COc1ccc(CCN(C)CCC(OC[C@@H]2CCc3cc(F)ccc3[C@@H]2C(C)C)C(=O)O)cc1OC. The van der Waals surface area contributed by atoms with Gasteiger partial charge in [0.15, 0.2) is 17.6 Å². The minimum absolute atomic E-state index is 0.202. The van der Waals surface area contributed by atoms with Crippen LogP contribution in [-0.4, -0.2) is 63.0 Å². The van der Waals surface area contributed by atoms with Gasteiger partial charge in [0.25, 0.3) is 0 Å². The van der Waals surface area contributed by atoms with Crippen LogP contribution in [0.4, 0.5) is 4.39 Å². The summed E-state index contributed by atoms with van der Waals surface area (Å²) in [5, 5.41) is 9.78. The quantitative estimate of drug-likeness (QED) is 0.408. The molecule has 0 aliphatic heterocycles. The highest BCUT2D eigenvalue weighted by Gasteiger charge is 2.33. The zero-order valence-electron chi connectivity index (χ0n) is 22.1. The number of aliphatic carboxylic acids is 1. The Balaban J connectivity index is 1.52. The third kappa shape index (κ3) is 7.20. The Morgan fingerprint density at radius 1 is 1.11 bits per heavy atom. The number of aryl methyl sites for hydroxylation is 1. The van der Waals surface area contributed by atoms with Crippen LogP contribution in [0, 0.1) is 17.7 Å². The minimum Gasteiger partial charge on any atom is -0.493 e. The van der Waals surface area contributed by atoms with Crippen molar-refractivity contribution in [3.8, 4) is 11.5 Å². The van der Waals surface area contributed by atoms with Crippen molar-refractivity contribution in [1.29, 1.82) is 0 Å². The van der Waals surface area contributed by atoms with E-state index in [0.29, 0.717) is 37.0 Å². The van der Waals surface area contributed by atoms with Gasteiger partial charge in [-0.25, -0.2) is 9.18 Å². The van der Waals surface area contributed by atoms with Gasteiger partial charge in [0, 0.05) is 13.1 Å². The highest BCUT2D eigenvalue weighted by Crippen LogP contribution is 2.41. The van der Waals surface area contributed by atoms with Gasteiger partial charge in [0.2, 0.25) is 0 Å². The van der Waals surface area contributed by atoms with Gasteiger partial charge in [-0.3, -0.25) is 0 Å². The second-order valence-electron chi connectivity index (χ2n) is 10.1. The molecular weight excluding hydrogens is 461 g/mol. The van der Waals surface area contributed by atoms with Gasteiger partial charge in [-0.2, -0.15) is 0 Å². The first-order valence-corrected chi connectivity index (χ1v) is 12.8. The predicted octanol–water partition coefficient (Wildman–Crippen LogP) is 5.18. The summed E-state index contributed by atoms with van der Waals surface area (Å²) < 4.78 is 30.4. The number of hydrogen-bond acceptors (Lipinski definition) is 5. The van der Waals surface area contributed by atoms with Crippen molar-refractivity contribution >= 4 is 5.97 Å². The van der Waals surface area contributed by atoms with E-state index in [0.717, 1.165) is 36.9 Å². The maximum atomic E-state index is 13.7. The van der Waals surface area contributed by atoms with Crippen LogP contribution in [0.15, 0.2) is 36.4 Å². The zero-order valence-corrected chi connectivity index (χ0v) is 22.1. The lowest BCUT2D eigenvalue weighted by molar-refractivity contribution is -0.152. The number of ether oxygens (including phenoxy) is 3. The maximum absolute atomic E-state index is 13.7. The van der Waals surface area contributed by atoms with Crippen LogP contribution >= 0.6 is 0 Å². The van der Waals surface area contributed by atoms with Crippen LogP contribution in [-0.2, 0) is 22.4 Å². The van der Waals surface area contributed by atoms with Crippen molar-refractivity contribution in [3.63, 3.8) is 0 Å². The highest BCUT2D eigenvalue weighted by atomic mass is 19.1. The van der Waals surface area contributed by atoms with Crippen LogP contribution < -0.4 is 9.47 Å². The number of nitrogens with zero attached hydrogens (tertiary/aromatic N) is 1. The average molecular weight is 502 g/mol. The lowest BCUT2D eigenvalue weighted by Gasteiger charge is -2.36. The van der Waals surface area contributed by atoms with E-state index in [1.807, 2.05) is 31.3 Å². The molecule has 1 unspecified atom stereocenters. The van der Waals surface area contributed by atoms with Crippen molar-refractivity contribution in [2.24, 2.45) is 11.8 Å². The number of fused-ring (bicyclic) bond motifs is 1. The molecule has 0 saturated carbocycles. The number of benzene rings is 2. The van der Waals surface area contributed by atoms with Gasteiger partial charge in [0.05, 0.1) is 20.8 Å². The first kappa shape index (κ1) is 27.9. The maximum Gasteiger partial charge on any atom is 0.332 e. The smallest absolute Gasteiger partial charge is 0.332 e. The molecule has 0 spiro atoms. The highest BCUT2D eigenvalue weighted by molar-refractivity contribution is 5.72. The van der Waals surface area contributed by atoms with E-state index in [1.54, 1.807) is 20.3 Å². The normalized spacial score (nSPS) is 18.2. The van der Waals surface area contributed by atoms with E-state index in [1.165, 1.54) is 11.6 Å². The minimum atomic E-state index is -0.928. The van der Waals surface area contributed by atoms with Crippen LogP contribution in [0.1, 0.15) is 49.3 Å². The number of carbonyl (C=O) groups is 1. The summed E-state index contributed by atoms with van der Waals surface area (Å²) in [6.45, 7) is 6.13. The molecule has 6 nitrogen and oxygen atoms in total. The Labute approximate surface area is 214 Å². The monoisotopic (exact) mass is 501 g/mol. The molecule has 2 aromatic rings. The van der Waals surface area contributed by atoms with Crippen LogP contribution in [0.25, 0.3) is 0 Å². The number of carboxylic acids is 1. The third-order valence-electron chi connectivity index (χ3n) is 7.26. The number of carboxylic acid groups (broad SMARTS) is 1. The summed E-state index contributed by atoms with van der Waals surface area (Å²) in [7, 11) is 5.23. The van der Waals surface area contributed by atoms with Gasteiger partial charge >= 0.3 is 5.97 Å². The number of likely N-dealkylation sites (N-methyl/N-ethyl adjacent to an activating group) is 1. The molecule has 3 atom stereocenters. The molecule has 3 rings (SSSR count). The second-order valence-corrected chi connectivity index (χ2v) is 10.1. The summed E-state index contributed by atoms with van der Waals surface area (Å²) in [6.07, 6.45) is 2.04. The van der Waals surface area contributed by atoms with Crippen molar-refractivity contribution < 1.29 is 28.5 Å². The van der Waals surface area contributed by atoms with E-state index in [-0.39, 0.29) is 17.7 Å². The lowest BCUT2D eigenvalue weighted by Crippen LogP contribution is -2.34. The standard InChI is InChI=1S/C29H40FNO5/c1-19(2)28-22(8-7-21-17-23(30)9-10-24(21)28)18-36-26(29(32)33)13-15-31(3)14-12-20-6-11-25(34-4)27(16-20)35-5/h6,9-11,16-17,19,22,26,28H,7-8,12-15,18H2,1-5H3,(H,32,33)/t22-,26?,28+/m0/s1. The largest absolute Gasteiger partial charge is 0.493 e. The number of rotatable bonds is 13. The molecule has 198 valence electrons. The van der Waals surface area contributed by atoms with Gasteiger partial charge in [0.1, 0.15) is 5.82 Å². The second kappa shape index (κ2) is 13.1. The van der Waals surface area contributed by atoms with Crippen molar-refractivity contribution in [3.05, 3.63) is 58.9 Å². The van der Waals surface area contributed by atoms with E-state index in [4.69, 9.17) is 14.2 Å². The molecule has 36 heavy (non-hydrogen) atoms. The fraction of sp³-hybridized carbons (Fsp3) is 0.552. The topological polar surface area (TPSA) is 68.2 Å². The number of hydrogen-bond donors (Lipinski definition) is 1. The summed E-state index contributed by atoms with van der Waals surface area (Å²) in [5.74, 6) is 1.07. The number of halogens is 1. The van der Waals surface area contributed by atoms with Crippen molar-refractivity contribution in [1.82, 2.24) is 4.90 Å². The lowest BCUT2D eigenvalue weighted by atomic mass is 9.70. The molecule has 0 radical (unpaired) electrons. The summed E-state index contributed by atoms with van der Waals surface area (Å²) >= 11 is 0. The van der Waals surface area contributed by atoms with Gasteiger partial charge < -0.3 is 24.2 Å². The molecule has 0 heterocycles. The van der Waals surface area contributed by atoms with Crippen molar-refractivity contribution in [2.45, 2.75) is 51.6 Å². The molecule has 0 aromatic heterocycles. The van der Waals surface area contributed by atoms with E-state index in [2.05, 4.69) is 18.7 Å². The molecule has 0 amide bonds. The molecular formula is C29H40FNO5. The first-order valence-electron chi connectivity index (χ1n) is 12.8. The Hall–Kier alpha value is -2.64. The molecule has 1 aliphatic rings. The molecule has 0 saturated heterocycles. The summed E-state index contributed by atoms with van der Waals surface area (Å²) in [6, 6.07) is 10.9.